The first-order valence-corrected chi connectivity index (χ1v) is 6.48. The predicted molar refractivity (Wildman–Crippen MR) is 64.6 cm³/mol. The highest BCUT2D eigenvalue weighted by Gasteiger charge is 2.44. The number of ether oxygens (including phenoxy) is 1. The molecule has 2 fully saturated rings. The SMILES string of the molecule is O=C(NC1CCOC1)C1CC1c1ccc(F)c(F)c1. The molecule has 0 bridgehead atoms. The summed E-state index contributed by atoms with van der Waals surface area (Å²) in [5.74, 6) is -1.82. The zero-order valence-corrected chi connectivity index (χ0v) is 10.4. The van der Waals surface area contributed by atoms with Crippen molar-refractivity contribution in [1.29, 1.82) is 0 Å². The van der Waals surface area contributed by atoms with Crippen LogP contribution in [0.5, 0.6) is 0 Å². The normalized spacial score (nSPS) is 29.3. The minimum absolute atomic E-state index is 0.00904. The Kier molecular flexibility index (Phi) is 3.22. The second kappa shape index (κ2) is 4.89. The van der Waals surface area contributed by atoms with Crippen LogP contribution < -0.4 is 5.32 Å². The van der Waals surface area contributed by atoms with Gasteiger partial charge in [-0.25, -0.2) is 8.78 Å². The molecule has 1 aromatic rings. The van der Waals surface area contributed by atoms with Gasteiger partial charge in [0.2, 0.25) is 5.91 Å². The third-order valence-electron chi connectivity index (χ3n) is 3.78. The summed E-state index contributed by atoms with van der Waals surface area (Å²) in [7, 11) is 0. The quantitative estimate of drug-likeness (QED) is 0.909. The Bertz CT molecular complexity index is 500. The van der Waals surface area contributed by atoms with E-state index in [2.05, 4.69) is 5.32 Å². The highest BCUT2D eigenvalue weighted by molar-refractivity contribution is 5.83. The monoisotopic (exact) mass is 267 g/mol. The van der Waals surface area contributed by atoms with Crippen molar-refractivity contribution in [2.24, 2.45) is 5.92 Å². The lowest BCUT2D eigenvalue weighted by Gasteiger charge is -2.10. The van der Waals surface area contributed by atoms with Gasteiger partial charge < -0.3 is 10.1 Å². The average molecular weight is 267 g/mol. The van der Waals surface area contributed by atoms with Crippen LogP contribution in [0.15, 0.2) is 18.2 Å². The minimum atomic E-state index is -0.854. The number of rotatable bonds is 3. The number of benzene rings is 1. The molecule has 0 aromatic heterocycles. The van der Waals surface area contributed by atoms with Gasteiger partial charge in [-0.2, -0.15) is 0 Å². The first-order valence-electron chi connectivity index (χ1n) is 6.48. The summed E-state index contributed by atoms with van der Waals surface area (Å²) in [5, 5.41) is 2.93. The molecule has 1 heterocycles. The van der Waals surface area contributed by atoms with Crippen LogP contribution >= 0.6 is 0 Å². The zero-order valence-electron chi connectivity index (χ0n) is 10.4. The van der Waals surface area contributed by atoms with E-state index in [9.17, 15) is 13.6 Å². The lowest BCUT2D eigenvalue weighted by molar-refractivity contribution is -0.123. The number of carbonyl (C=O) groups is 1. The fourth-order valence-corrected chi connectivity index (χ4v) is 2.55. The first-order chi connectivity index (χ1) is 9.15. The Morgan fingerprint density at radius 3 is 2.84 bits per heavy atom. The predicted octanol–water partition coefficient (Wildman–Crippen LogP) is 1.97. The lowest BCUT2D eigenvalue weighted by atomic mass is 10.1. The molecule has 1 saturated heterocycles. The summed E-state index contributed by atoms with van der Waals surface area (Å²) in [6, 6.07) is 3.95. The van der Waals surface area contributed by atoms with Crippen LogP contribution in [-0.2, 0) is 9.53 Å². The molecular weight excluding hydrogens is 252 g/mol. The van der Waals surface area contributed by atoms with Crippen molar-refractivity contribution >= 4 is 5.91 Å². The molecule has 0 spiro atoms. The first kappa shape index (κ1) is 12.5. The summed E-state index contributed by atoms with van der Waals surface area (Å²) in [4.78, 5) is 12.0. The highest BCUT2D eigenvalue weighted by atomic mass is 19.2. The van der Waals surface area contributed by atoms with Gasteiger partial charge in [-0.1, -0.05) is 6.07 Å². The Hall–Kier alpha value is -1.49. The molecule has 2 aliphatic rings. The van der Waals surface area contributed by atoms with Crippen molar-refractivity contribution in [2.75, 3.05) is 13.2 Å². The van der Waals surface area contributed by atoms with Gasteiger partial charge in [0.15, 0.2) is 11.6 Å². The molecule has 3 nitrogen and oxygen atoms in total. The highest BCUT2D eigenvalue weighted by Crippen LogP contribution is 2.47. The number of hydrogen-bond acceptors (Lipinski definition) is 2. The molecule has 1 amide bonds. The van der Waals surface area contributed by atoms with Gasteiger partial charge in [-0.15, -0.1) is 0 Å². The minimum Gasteiger partial charge on any atom is -0.379 e. The zero-order chi connectivity index (χ0) is 13.4. The molecule has 1 aliphatic heterocycles. The summed E-state index contributed by atoms with van der Waals surface area (Å²) in [6.45, 7) is 1.25. The van der Waals surface area contributed by atoms with Gasteiger partial charge in [0.1, 0.15) is 0 Å². The topological polar surface area (TPSA) is 38.3 Å². The molecule has 3 rings (SSSR count). The standard InChI is InChI=1S/C14H15F2NO2/c15-12-2-1-8(5-13(12)16)10-6-11(10)14(18)17-9-3-4-19-7-9/h1-2,5,9-11H,3-4,6-7H2,(H,17,18). The fraction of sp³-hybridized carbons (Fsp3) is 0.500. The largest absolute Gasteiger partial charge is 0.379 e. The van der Waals surface area contributed by atoms with Crippen LogP contribution in [0.1, 0.15) is 24.3 Å². The van der Waals surface area contributed by atoms with Gasteiger partial charge in [0.05, 0.1) is 12.6 Å². The molecular formula is C14H15F2NO2. The van der Waals surface area contributed by atoms with Crippen LogP contribution in [0.2, 0.25) is 0 Å². The number of hydrogen-bond donors (Lipinski definition) is 1. The van der Waals surface area contributed by atoms with E-state index in [-0.39, 0.29) is 23.8 Å². The van der Waals surface area contributed by atoms with Crippen molar-refractivity contribution in [2.45, 2.75) is 24.8 Å². The van der Waals surface area contributed by atoms with Gasteiger partial charge in [-0.3, -0.25) is 4.79 Å². The van der Waals surface area contributed by atoms with Crippen LogP contribution in [0.3, 0.4) is 0 Å². The average Bonchev–Trinajstić information content (AvgIpc) is 3.04. The molecule has 102 valence electrons. The van der Waals surface area contributed by atoms with Crippen LogP contribution in [-0.4, -0.2) is 25.2 Å². The number of halogens is 2. The molecule has 0 radical (unpaired) electrons. The van der Waals surface area contributed by atoms with Crippen LogP contribution in [0.25, 0.3) is 0 Å². The van der Waals surface area contributed by atoms with E-state index in [1.807, 2.05) is 0 Å². The number of nitrogens with one attached hydrogen (secondary N) is 1. The lowest BCUT2D eigenvalue weighted by Crippen LogP contribution is -2.36. The Balaban J connectivity index is 1.60. The Morgan fingerprint density at radius 1 is 1.32 bits per heavy atom. The summed E-state index contributed by atoms with van der Waals surface area (Å²) < 4.78 is 31.2. The van der Waals surface area contributed by atoms with Crippen molar-refractivity contribution in [3.63, 3.8) is 0 Å². The van der Waals surface area contributed by atoms with E-state index < -0.39 is 11.6 Å². The van der Waals surface area contributed by atoms with E-state index in [0.29, 0.717) is 25.2 Å². The van der Waals surface area contributed by atoms with Gasteiger partial charge in [0, 0.05) is 12.5 Å². The number of carbonyl (C=O) groups excluding carboxylic acids is 1. The summed E-state index contributed by atoms with van der Waals surface area (Å²) in [6.07, 6.45) is 1.54. The molecule has 3 unspecified atom stereocenters. The molecule has 1 aromatic carbocycles. The second-order valence-electron chi connectivity index (χ2n) is 5.19. The van der Waals surface area contributed by atoms with Crippen molar-refractivity contribution < 1.29 is 18.3 Å². The van der Waals surface area contributed by atoms with Gasteiger partial charge in [0.25, 0.3) is 0 Å². The molecule has 3 atom stereocenters. The molecule has 5 heteroatoms. The van der Waals surface area contributed by atoms with Crippen LogP contribution in [0.4, 0.5) is 8.78 Å². The van der Waals surface area contributed by atoms with Crippen molar-refractivity contribution in [3.8, 4) is 0 Å². The van der Waals surface area contributed by atoms with Crippen molar-refractivity contribution in [3.05, 3.63) is 35.4 Å². The Labute approximate surface area is 109 Å². The smallest absolute Gasteiger partial charge is 0.224 e. The van der Waals surface area contributed by atoms with Gasteiger partial charge in [-0.05, 0) is 36.5 Å². The molecule has 19 heavy (non-hydrogen) atoms. The van der Waals surface area contributed by atoms with E-state index >= 15 is 0 Å². The maximum atomic E-state index is 13.1. The van der Waals surface area contributed by atoms with Gasteiger partial charge >= 0.3 is 0 Å². The van der Waals surface area contributed by atoms with E-state index in [1.165, 1.54) is 6.07 Å². The maximum Gasteiger partial charge on any atom is 0.224 e. The van der Waals surface area contributed by atoms with E-state index in [4.69, 9.17) is 4.74 Å². The second-order valence-corrected chi connectivity index (χ2v) is 5.19. The van der Waals surface area contributed by atoms with E-state index in [0.717, 1.165) is 12.5 Å². The summed E-state index contributed by atoms with van der Waals surface area (Å²) >= 11 is 0. The van der Waals surface area contributed by atoms with Crippen molar-refractivity contribution in [1.82, 2.24) is 5.32 Å². The Morgan fingerprint density at radius 2 is 2.16 bits per heavy atom. The summed E-state index contributed by atoms with van der Waals surface area (Å²) in [5.41, 5.74) is 0.696. The third kappa shape index (κ3) is 2.61. The molecule has 1 saturated carbocycles. The molecule has 1 aliphatic carbocycles. The maximum absolute atomic E-state index is 13.1. The molecule has 1 N–H and O–H groups in total. The number of amides is 1. The third-order valence-corrected chi connectivity index (χ3v) is 3.78. The van der Waals surface area contributed by atoms with Crippen LogP contribution in [0, 0.1) is 17.6 Å². The van der Waals surface area contributed by atoms with E-state index in [1.54, 1.807) is 6.07 Å². The fourth-order valence-electron chi connectivity index (χ4n) is 2.55.